The highest BCUT2D eigenvalue weighted by Gasteiger charge is 2.33. The minimum absolute atomic E-state index is 0.00864. The summed E-state index contributed by atoms with van der Waals surface area (Å²) < 4.78 is 17.9. The zero-order valence-corrected chi connectivity index (χ0v) is 18.7. The molecule has 1 aromatic carbocycles. The van der Waals surface area contributed by atoms with E-state index in [-0.39, 0.29) is 60.5 Å². The number of para-hydroxylation sites is 1. The summed E-state index contributed by atoms with van der Waals surface area (Å²) in [5.41, 5.74) is 0.583. The zero-order valence-electron chi connectivity index (χ0n) is 18.7. The number of methoxy groups -OCH3 is 1. The number of hydrogen-bond acceptors (Lipinski definition) is 6. The van der Waals surface area contributed by atoms with Crippen LogP contribution in [-0.4, -0.2) is 80.8 Å². The van der Waals surface area contributed by atoms with Crippen LogP contribution in [0.1, 0.15) is 42.1 Å². The van der Waals surface area contributed by atoms with Crippen molar-refractivity contribution in [2.24, 2.45) is 5.92 Å². The first-order valence-corrected chi connectivity index (χ1v) is 10.7. The number of amides is 2. The van der Waals surface area contributed by atoms with Crippen LogP contribution < -0.4 is 4.74 Å². The largest absolute Gasteiger partial charge is 0.489 e. The van der Waals surface area contributed by atoms with Gasteiger partial charge in [0.25, 0.3) is 5.91 Å². The number of carbonyl (C=O) groups is 2. The number of fused-ring (bicyclic) bond motifs is 3. The van der Waals surface area contributed by atoms with Crippen molar-refractivity contribution in [1.29, 1.82) is 5.26 Å². The van der Waals surface area contributed by atoms with Gasteiger partial charge in [-0.2, -0.15) is 5.26 Å². The van der Waals surface area contributed by atoms with E-state index < -0.39 is 0 Å². The number of carbonyl (C=O) groups excluding carboxylic acids is 2. The van der Waals surface area contributed by atoms with Crippen molar-refractivity contribution in [3.8, 4) is 11.8 Å². The molecule has 0 saturated carbocycles. The first-order valence-electron chi connectivity index (χ1n) is 10.7. The molecule has 0 radical (unpaired) electrons. The molecule has 0 aliphatic carbocycles. The van der Waals surface area contributed by atoms with Crippen LogP contribution in [0.5, 0.6) is 5.75 Å². The van der Waals surface area contributed by atoms with Gasteiger partial charge in [0.1, 0.15) is 24.5 Å². The molecule has 2 bridgehead atoms. The van der Waals surface area contributed by atoms with Crippen LogP contribution in [0.4, 0.5) is 0 Å². The summed E-state index contributed by atoms with van der Waals surface area (Å²) in [6.07, 6.45) is 1.90. The van der Waals surface area contributed by atoms with E-state index in [1.807, 2.05) is 6.92 Å². The molecule has 2 heterocycles. The van der Waals surface area contributed by atoms with E-state index in [4.69, 9.17) is 14.2 Å². The van der Waals surface area contributed by atoms with Gasteiger partial charge in [-0.05, 0) is 31.4 Å². The number of nitrogens with zero attached hydrogens (tertiary/aromatic N) is 3. The van der Waals surface area contributed by atoms with Crippen molar-refractivity contribution in [3.63, 3.8) is 0 Å². The predicted molar refractivity (Wildman–Crippen MR) is 114 cm³/mol. The van der Waals surface area contributed by atoms with Crippen LogP contribution >= 0.6 is 0 Å². The number of rotatable bonds is 1. The third-order valence-corrected chi connectivity index (χ3v) is 6.09. The van der Waals surface area contributed by atoms with Gasteiger partial charge in [0.15, 0.2) is 0 Å². The van der Waals surface area contributed by atoms with Crippen molar-refractivity contribution in [2.45, 2.75) is 44.5 Å². The molecule has 1 fully saturated rings. The van der Waals surface area contributed by atoms with Gasteiger partial charge in [-0.1, -0.05) is 13.0 Å². The second kappa shape index (κ2) is 10.1. The molecule has 4 atom stereocenters. The zero-order chi connectivity index (χ0) is 22.5. The Morgan fingerprint density at radius 2 is 1.94 bits per heavy atom. The molecule has 3 rings (SSSR count). The Kier molecular flexibility index (Phi) is 7.52. The molecule has 0 N–H and O–H groups in total. The van der Waals surface area contributed by atoms with Crippen LogP contribution in [0.2, 0.25) is 0 Å². The molecule has 2 aliphatic heterocycles. The third-order valence-electron chi connectivity index (χ3n) is 6.09. The number of hydrogen-bond donors (Lipinski definition) is 0. The van der Waals surface area contributed by atoms with Gasteiger partial charge in [0.05, 0.1) is 29.3 Å². The van der Waals surface area contributed by atoms with Crippen molar-refractivity contribution in [2.75, 3.05) is 40.9 Å². The third kappa shape index (κ3) is 5.17. The van der Waals surface area contributed by atoms with E-state index in [2.05, 4.69) is 6.07 Å². The first-order chi connectivity index (χ1) is 14.8. The first kappa shape index (κ1) is 23.0. The Balaban J connectivity index is 1.96. The van der Waals surface area contributed by atoms with E-state index in [1.54, 1.807) is 44.3 Å². The number of benzene rings is 1. The van der Waals surface area contributed by atoms with Crippen LogP contribution in [-0.2, 0) is 14.3 Å². The van der Waals surface area contributed by atoms with Gasteiger partial charge < -0.3 is 24.0 Å². The minimum atomic E-state index is -0.356. The lowest BCUT2D eigenvalue weighted by molar-refractivity contribution is -0.146. The Morgan fingerprint density at radius 1 is 1.16 bits per heavy atom. The highest BCUT2D eigenvalue weighted by atomic mass is 16.6. The van der Waals surface area contributed by atoms with Gasteiger partial charge in [0, 0.05) is 34.3 Å². The molecule has 168 valence electrons. The minimum Gasteiger partial charge on any atom is -0.489 e. The Hall–Kier alpha value is -2.63. The molecule has 0 unspecified atom stereocenters. The summed E-state index contributed by atoms with van der Waals surface area (Å²) >= 11 is 0. The van der Waals surface area contributed by atoms with Crippen LogP contribution in [0.25, 0.3) is 0 Å². The fourth-order valence-corrected chi connectivity index (χ4v) is 4.28. The summed E-state index contributed by atoms with van der Waals surface area (Å²) in [5.74, 6) is -0.423. The molecule has 1 saturated heterocycles. The molecule has 1 aromatic rings. The van der Waals surface area contributed by atoms with Crippen LogP contribution in [0.3, 0.4) is 0 Å². The van der Waals surface area contributed by atoms with E-state index in [1.165, 1.54) is 4.90 Å². The van der Waals surface area contributed by atoms with E-state index in [0.717, 1.165) is 19.3 Å². The highest BCUT2D eigenvalue weighted by Crippen LogP contribution is 2.29. The van der Waals surface area contributed by atoms with E-state index in [0.29, 0.717) is 12.1 Å². The average Bonchev–Trinajstić information content (AvgIpc) is 2.79. The van der Waals surface area contributed by atoms with Crippen molar-refractivity contribution in [1.82, 2.24) is 9.80 Å². The lowest BCUT2D eigenvalue weighted by Crippen LogP contribution is -2.45. The molecule has 2 aliphatic rings. The van der Waals surface area contributed by atoms with Crippen molar-refractivity contribution >= 4 is 11.8 Å². The summed E-state index contributed by atoms with van der Waals surface area (Å²) in [6.45, 7) is 2.84. The van der Waals surface area contributed by atoms with Gasteiger partial charge in [-0.25, -0.2) is 0 Å². The molecule has 8 heteroatoms. The Labute approximate surface area is 183 Å². The maximum absolute atomic E-state index is 13.2. The van der Waals surface area contributed by atoms with Crippen molar-refractivity contribution < 1.29 is 23.8 Å². The molecule has 2 amide bonds. The molecular weight excluding hydrogens is 398 g/mol. The van der Waals surface area contributed by atoms with Gasteiger partial charge >= 0.3 is 0 Å². The molecular formula is C23H31N3O5. The fraction of sp³-hybridized carbons (Fsp3) is 0.609. The standard InChI is InChI=1S/C23H31N3O5/c1-15-13-26(3)23(28)18-7-5-6-16(12-24)21(18)30-14-20-19(29-4)9-8-17(31-20)10-11-25(2)22(15)27/h5-7,15,17,19-20H,8-11,13-14H2,1-4H3/t15-,17-,19+,20-/m1/s1. The molecule has 0 aromatic heterocycles. The number of nitriles is 1. The summed E-state index contributed by atoms with van der Waals surface area (Å²) in [6, 6.07) is 7.04. The fourth-order valence-electron chi connectivity index (χ4n) is 4.28. The van der Waals surface area contributed by atoms with E-state index >= 15 is 0 Å². The lowest BCUT2D eigenvalue weighted by atomic mass is 9.99. The topological polar surface area (TPSA) is 92.1 Å². The van der Waals surface area contributed by atoms with Gasteiger partial charge in [-0.3, -0.25) is 9.59 Å². The summed E-state index contributed by atoms with van der Waals surface area (Å²) in [5, 5.41) is 9.57. The number of ether oxygens (including phenoxy) is 3. The van der Waals surface area contributed by atoms with Crippen molar-refractivity contribution in [3.05, 3.63) is 29.3 Å². The normalized spacial score (nSPS) is 28.1. The lowest BCUT2D eigenvalue weighted by Gasteiger charge is -2.36. The molecule has 0 spiro atoms. The molecule has 8 nitrogen and oxygen atoms in total. The van der Waals surface area contributed by atoms with Crippen LogP contribution in [0, 0.1) is 17.2 Å². The van der Waals surface area contributed by atoms with Crippen LogP contribution in [0.15, 0.2) is 18.2 Å². The maximum Gasteiger partial charge on any atom is 0.257 e. The monoisotopic (exact) mass is 429 g/mol. The maximum atomic E-state index is 13.2. The summed E-state index contributed by atoms with van der Waals surface area (Å²) in [7, 11) is 5.09. The second-order valence-corrected chi connectivity index (χ2v) is 8.39. The van der Waals surface area contributed by atoms with E-state index in [9.17, 15) is 14.9 Å². The highest BCUT2D eigenvalue weighted by molar-refractivity contribution is 5.97. The Morgan fingerprint density at radius 3 is 2.65 bits per heavy atom. The Bertz CT molecular complexity index is 852. The SMILES string of the molecule is CO[C@H]1CC[C@@H]2CCN(C)C(=O)[C@H](C)CN(C)C(=O)c3cccc(C#N)c3OC[C@H]1O2. The second-order valence-electron chi connectivity index (χ2n) is 8.39. The molecule has 31 heavy (non-hydrogen) atoms. The quantitative estimate of drug-likeness (QED) is 0.679. The van der Waals surface area contributed by atoms with Gasteiger partial charge in [-0.15, -0.1) is 0 Å². The summed E-state index contributed by atoms with van der Waals surface area (Å²) in [4.78, 5) is 29.2. The predicted octanol–water partition coefficient (Wildman–Crippen LogP) is 2.07. The average molecular weight is 430 g/mol. The van der Waals surface area contributed by atoms with Gasteiger partial charge in [0.2, 0.25) is 5.91 Å². The smallest absolute Gasteiger partial charge is 0.257 e.